The molecule has 0 amide bonds. The number of aromatic hydroxyl groups is 1. The molecule has 2 N–H and O–H groups in total. The van der Waals surface area contributed by atoms with Crippen molar-refractivity contribution in [1.29, 1.82) is 0 Å². The molecule has 118 valence electrons. The molecule has 24 heavy (non-hydrogen) atoms. The molecule has 5 nitrogen and oxygen atoms in total. The normalized spacial score (nSPS) is 11.6. The van der Waals surface area contributed by atoms with Gasteiger partial charge in [-0.05, 0) is 24.3 Å². The van der Waals surface area contributed by atoms with Gasteiger partial charge >= 0.3 is 0 Å². The number of nitrogens with zero attached hydrogens (tertiary/aromatic N) is 3. The minimum Gasteiger partial charge on any atom is -0.506 e. The number of hydrogen-bond donors (Lipinski definition) is 2. The van der Waals surface area contributed by atoms with Gasteiger partial charge in [-0.3, -0.25) is 5.43 Å². The van der Waals surface area contributed by atoms with Crippen LogP contribution < -0.4 is 5.43 Å². The number of rotatable bonds is 4. The first-order valence-electron chi connectivity index (χ1n) is 7.47. The molecule has 3 aromatic carbocycles. The molecule has 0 fully saturated rings. The maximum atomic E-state index is 9.79. The molecule has 0 saturated heterocycles. The van der Waals surface area contributed by atoms with Gasteiger partial charge in [0.05, 0.1) is 5.69 Å². The van der Waals surface area contributed by atoms with Gasteiger partial charge in [0.15, 0.2) is 0 Å². The lowest BCUT2D eigenvalue weighted by Gasteiger charge is -2.03. The zero-order chi connectivity index (χ0) is 16.6. The van der Waals surface area contributed by atoms with Crippen molar-refractivity contribution in [2.24, 2.45) is 15.3 Å². The Bertz CT molecular complexity index is 846. The van der Waals surface area contributed by atoms with Gasteiger partial charge in [-0.2, -0.15) is 5.10 Å². The van der Waals surface area contributed by atoms with Crippen LogP contribution in [0.5, 0.6) is 5.75 Å². The maximum absolute atomic E-state index is 9.79. The highest BCUT2D eigenvalue weighted by Crippen LogP contribution is 2.25. The molecule has 0 saturated carbocycles. The Labute approximate surface area is 140 Å². The fourth-order valence-electron chi connectivity index (χ4n) is 2.01. The number of hydrogen-bond acceptors (Lipinski definition) is 4. The molecular formula is C19H16N4O. The number of azo groups is 1. The highest BCUT2D eigenvalue weighted by Gasteiger charge is 2.03. The maximum Gasteiger partial charge on any atom is 0.201 e. The van der Waals surface area contributed by atoms with Gasteiger partial charge in [-0.25, -0.2) is 0 Å². The minimum absolute atomic E-state index is 0.0738. The number of nitrogens with one attached hydrogen (secondary N) is 1. The monoisotopic (exact) mass is 316 g/mol. The van der Waals surface area contributed by atoms with Crippen molar-refractivity contribution in [1.82, 2.24) is 0 Å². The Morgan fingerprint density at radius 1 is 0.750 bits per heavy atom. The molecule has 3 aromatic rings. The molecule has 0 bridgehead atoms. The van der Waals surface area contributed by atoms with E-state index in [1.54, 1.807) is 24.3 Å². The van der Waals surface area contributed by atoms with E-state index in [9.17, 15) is 5.11 Å². The number of phenols is 1. The summed E-state index contributed by atoms with van der Waals surface area (Å²) in [6.07, 6.45) is 0. The molecule has 0 aliphatic rings. The van der Waals surface area contributed by atoms with Crippen LogP contribution in [0.15, 0.2) is 100 Å². The average Bonchev–Trinajstić information content (AvgIpc) is 2.65. The second kappa shape index (κ2) is 7.69. The first-order valence-corrected chi connectivity index (χ1v) is 7.47. The van der Waals surface area contributed by atoms with Crippen LogP contribution in [0.1, 0.15) is 5.56 Å². The lowest BCUT2D eigenvalue weighted by molar-refractivity contribution is 0.476. The molecule has 0 heterocycles. The number of phenolic OH excluding ortho intramolecular Hbond substituents is 1. The zero-order valence-corrected chi connectivity index (χ0v) is 12.9. The van der Waals surface area contributed by atoms with Gasteiger partial charge in [-0.1, -0.05) is 60.7 Å². The van der Waals surface area contributed by atoms with E-state index in [4.69, 9.17) is 0 Å². The van der Waals surface area contributed by atoms with Crippen LogP contribution in [-0.2, 0) is 0 Å². The molecule has 3 rings (SSSR count). The van der Waals surface area contributed by atoms with Crippen LogP contribution in [0, 0.1) is 0 Å². The molecule has 0 radical (unpaired) electrons. The predicted octanol–water partition coefficient (Wildman–Crippen LogP) is 4.95. The number of amidine groups is 1. The summed E-state index contributed by atoms with van der Waals surface area (Å²) in [5, 5.41) is 22.4. The van der Waals surface area contributed by atoms with Crippen molar-refractivity contribution in [2.75, 3.05) is 5.43 Å². The third-order valence-corrected chi connectivity index (χ3v) is 3.23. The van der Waals surface area contributed by atoms with Crippen molar-refractivity contribution < 1.29 is 5.11 Å². The summed E-state index contributed by atoms with van der Waals surface area (Å²) >= 11 is 0. The SMILES string of the molecule is Oc1ccccc1N=NC(=NNc1ccccc1)c1ccccc1. The van der Waals surface area contributed by atoms with Crippen molar-refractivity contribution >= 4 is 17.2 Å². The third-order valence-electron chi connectivity index (χ3n) is 3.23. The van der Waals surface area contributed by atoms with Crippen LogP contribution >= 0.6 is 0 Å². The predicted molar refractivity (Wildman–Crippen MR) is 95.7 cm³/mol. The fraction of sp³-hybridized carbons (Fsp3) is 0. The molecule has 0 unspecified atom stereocenters. The molecule has 0 aromatic heterocycles. The van der Waals surface area contributed by atoms with Gasteiger partial charge in [0.1, 0.15) is 11.4 Å². The summed E-state index contributed by atoms with van der Waals surface area (Å²) in [4.78, 5) is 0. The number of anilines is 1. The molecule has 0 spiro atoms. The zero-order valence-electron chi connectivity index (χ0n) is 12.9. The van der Waals surface area contributed by atoms with Crippen molar-refractivity contribution in [3.8, 4) is 5.75 Å². The first-order chi connectivity index (χ1) is 11.8. The highest BCUT2D eigenvalue weighted by molar-refractivity contribution is 5.99. The topological polar surface area (TPSA) is 69.3 Å². The Balaban J connectivity index is 1.89. The Kier molecular flexibility index (Phi) is 4.94. The summed E-state index contributed by atoms with van der Waals surface area (Å²) in [5.74, 6) is 0.493. The summed E-state index contributed by atoms with van der Waals surface area (Å²) in [7, 11) is 0. The average molecular weight is 316 g/mol. The molecule has 5 heteroatoms. The second-order valence-electron chi connectivity index (χ2n) is 4.97. The summed E-state index contributed by atoms with van der Waals surface area (Å²) in [6.45, 7) is 0. The number of benzene rings is 3. The summed E-state index contributed by atoms with van der Waals surface area (Å²) < 4.78 is 0. The van der Waals surface area contributed by atoms with E-state index in [0.717, 1.165) is 11.3 Å². The lowest BCUT2D eigenvalue weighted by atomic mass is 10.2. The van der Waals surface area contributed by atoms with Crippen molar-refractivity contribution in [2.45, 2.75) is 0 Å². The molecule has 0 atom stereocenters. The Morgan fingerprint density at radius 2 is 1.38 bits per heavy atom. The van der Waals surface area contributed by atoms with E-state index in [0.29, 0.717) is 11.5 Å². The van der Waals surface area contributed by atoms with E-state index in [-0.39, 0.29) is 5.75 Å². The standard InChI is InChI=1S/C19H16N4O/c24-18-14-8-7-13-17(18)21-23-19(15-9-3-1-4-10-15)22-20-16-11-5-2-6-12-16/h1-14,20,24H. The van der Waals surface area contributed by atoms with Crippen LogP contribution in [-0.4, -0.2) is 10.9 Å². The van der Waals surface area contributed by atoms with Gasteiger partial charge in [0.2, 0.25) is 5.84 Å². The summed E-state index contributed by atoms with van der Waals surface area (Å²) in [5.41, 5.74) is 5.03. The Morgan fingerprint density at radius 3 is 2.08 bits per heavy atom. The van der Waals surface area contributed by atoms with Gasteiger partial charge in [-0.15, -0.1) is 10.2 Å². The van der Waals surface area contributed by atoms with Crippen LogP contribution in [0.3, 0.4) is 0 Å². The molecular weight excluding hydrogens is 300 g/mol. The third kappa shape index (κ3) is 4.04. The second-order valence-corrected chi connectivity index (χ2v) is 4.97. The Hall–Kier alpha value is -3.47. The fourth-order valence-corrected chi connectivity index (χ4v) is 2.01. The summed E-state index contributed by atoms with van der Waals surface area (Å²) in [6, 6.07) is 25.9. The largest absolute Gasteiger partial charge is 0.506 e. The molecule has 0 aliphatic heterocycles. The van der Waals surface area contributed by atoms with Gasteiger partial charge in [0.25, 0.3) is 0 Å². The van der Waals surface area contributed by atoms with Crippen LogP contribution in [0.4, 0.5) is 11.4 Å². The van der Waals surface area contributed by atoms with E-state index < -0.39 is 0 Å². The minimum atomic E-state index is 0.0738. The van der Waals surface area contributed by atoms with E-state index in [2.05, 4.69) is 20.8 Å². The van der Waals surface area contributed by atoms with E-state index in [1.165, 1.54) is 0 Å². The van der Waals surface area contributed by atoms with Crippen LogP contribution in [0.2, 0.25) is 0 Å². The number of para-hydroxylation sites is 2. The molecule has 0 aliphatic carbocycles. The van der Waals surface area contributed by atoms with Crippen LogP contribution in [0.25, 0.3) is 0 Å². The van der Waals surface area contributed by atoms with E-state index >= 15 is 0 Å². The van der Waals surface area contributed by atoms with E-state index in [1.807, 2.05) is 60.7 Å². The lowest BCUT2D eigenvalue weighted by Crippen LogP contribution is -2.00. The van der Waals surface area contributed by atoms with Gasteiger partial charge < -0.3 is 5.11 Å². The smallest absolute Gasteiger partial charge is 0.201 e. The van der Waals surface area contributed by atoms with Gasteiger partial charge in [0, 0.05) is 5.56 Å². The van der Waals surface area contributed by atoms with Crippen molar-refractivity contribution in [3.05, 3.63) is 90.5 Å². The highest BCUT2D eigenvalue weighted by atomic mass is 16.3. The van der Waals surface area contributed by atoms with Crippen molar-refractivity contribution in [3.63, 3.8) is 0 Å². The quantitative estimate of drug-likeness (QED) is 0.309. The number of hydrazone groups is 1. The first kappa shape index (κ1) is 15.4.